The molecule has 0 aliphatic heterocycles. The van der Waals surface area contributed by atoms with Crippen LogP contribution >= 0.6 is 11.3 Å². The standard InChI is InChI=1S/C10H18N2S/c1-6-12(5)7(2)10-8(3)13-9(4)11-10/h7H,6H2,1-5H3. The van der Waals surface area contributed by atoms with Gasteiger partial charge in [-0.1, -0.05) is 6.92 Å². The van der Waals surface area contributed by atoms with E-state index in [1.165, 1.54) is 15.6 Å². The van der Waals surface area contributed by atoms with E-state index >= 15 is 0 Å². The van der Waals surface area contributed by atoms with E-state index in [-0.39, 0.29) is 0 Å². The van der Waals surface area contributed by atoms with E-state index in [4.69, 9.17) is 0 Å². The molecular formula is C10H18N2S. The first-order valence-corrected chi connectivity index (χ1v) is 5.52. The molecule has 0 N–H and O–H groups in total. The van der Waals surface area contributed by atoms with Crippen LogP contribution in [0.25, 0.3) is 0 Å². The fourth-order valence-corrected chi connectivity index (χ4v) is 2.32. The minimum Gasteiger partial charge on any atom is -0.298 e. The van der Waals surface area contributed by atoms with Gasteiger partial charge in [0, 0.05) is 4.88 Å². The zero-order valence-electron chi connectivity index (χ0n) is 9.09. The molecule has 1 aromatic rings. The van der Waals surface area contributed by atoms with Gasteiger partial charge in [0.15, 0.2) is 0 Å². The number of thiazole rings is 1. The molecule has 0 fully saturated rings. The Morgan fingerprint density at radius 2 is 2.08 bits per heavy atom. The van der Waals surface area contributed by atoms with Crippen LogP contribution in [-0.2, 0) is 0 Å². The lowest BCUT2D eigenvalue weighted by Gasteiger charge is -2.21. The predicted molar refractivity (Wildman–Crippen MR) is 58.3 cm³/mol. The highest BCUT2D eigenvalue weighted by Crippen LogP contribution is 2.25. The number of aromatic nitrogens is 1. The molecule has 1 rings (SSSR count). The van der Waals surface area contributed by atoms with Crippen LogP contribution in [0.4, 0.5) is 0 Å². The summed E-state index contributed by atoms with van der Waals surface area (Å²) in [4.78, 5) is 8.22. The Labute approximate surface area is 84.6 Å². The van der Waals surface area contributed by atoms with Crippen molar-refractivity contribution in [1.82, 2.24) is 9.88 Å². The summed E-state index contributed by atoms with van der Waals surface area (Å²) in [7, 11) is 2.14. The van der Waals surface area contributed by atoms with Crippen LogP contribution in [0.15, 0.2) is 0 Å². The fraction of sp³-hybridized carbons (Fsp3) is 0.700. The normalized spacial score (nSPS) is 13.7. The van der Waals surface area contributed by atoms with Gasteiger partial charge >= 0.3 is 0 Å². The largest absolute Gasteiger partial charge is 0.298 e. The lowest BCUT2D eigenvalue weighted by Crippen LogP contribution is -2.22. The summed E-state index contributed by atoms with van der Waals surface area (Å²) in [6, 6.07) is 0.440. The van der Waals surface area contributed by atoms with Crippen molar-refractivity contribution >= 4 is 11.3 Å². The Morgan fingerprint density at radius 1 is 1.46 bits per heavy atom. The zero-order chi connectivity index (χ0) is 10.0. The van der Waals surface area contributed by atoms with Crippen molar-refractivity contribution in [2.45, 2.75) is 33.7 Å². The summed E-state index contributed by atoms with van der Waals surface area (Å²) >= 11 is 1.79. The van der Waals surface area contributed by atoms with E-state index in [1.807, 2.05) is 0 Å². The van der Waals surface area contributed by atoms with Gasteiger partial charge < -0.3 is 0 Å². The maximum atomic E-state index is 4.56. The number of nitrogens with zero attached hydrogens (tertiary/aromatic N) is 2. The molecule has 0 bridgehead atoms. The molecule has 1 unspecified atom stereocenters. The molecule has 0 amide bonds. The number of rotatable bonds is 3. The van der Waals surface area contributed by atoms with Gasteiger partial charge in [-0.2, -0.15) is 0 Å². The van der Waals surface area contributed by atoms with Crippen molar-refractivity contribution in [3.8, 4) is 0 Å². The van der Waals surface area contributed by atoms with Crippen LogP contribution in [0.5, 0.6) is 0 Å². The second kappa shape index (κ2) is 4.20. The van der Waals surface area contributed by atoms with Crippen molar-refractivity contribution < 1.29 is 0 Å². The van der Waals surface area contributed by atoms with E-state index in [9.17, 15) is 0 Å². The lowest BCUT2D eigenvalue weighted by atomic mass is 10.2. The summed E-state index contributed by atoms with van der Waals surface area (Å²) in [5.41, 5.74) is 1.24. The predicted octanol–water partition coefficient (Wildman–Crippen LogP) is 2.77. The van der Waals surface area contributed by atoms with Gasteiger partial charge in [-0.25, -0.2) is 4.98 Å². The van der Waals surface area contributed by atoms with Crippen LogP contribution in [0.2, 0.25) is 0 Å². The molecular weight excluding hydrogens is 180 g/mol. The number of aryl methyl sites for hydroxylation is 2. The van der Waals surface area contributed by atoms with Gasteiger partial charge in [0.05, 0.1) is 16.7 Å². The highest BCUT2D eigenvalue weighted by atomic mass is 32.1. The topological polar surface area (TPSA) is 16.1 Å². The lowest BCUT2D eigenvalue weighted by molar-refractivity contribution is 0.271. The molecule has 2 nitrogen and oxygen atoms in total. The zero-order valence-corrected chi connectivity index (χ0v) is 9.90. The molecule has 0 saturated carbocycles. The molecule has 0 aliphatic rings. The second-order valence-electron chi connectivity index (χ2n) is 3.42. The summed E-state index contributed by atoms with van der Waals surface area (Å²) in [6.45, 7) is 9.67. The number of hydrogen-bond donors (Lipinski definition) is 0. The Kier molecular flexibility index (Phi) is 3.45. The molecule has 0 aliphatic carbocycles. The third-order valence-electron chi connectivity index (χ3n) is 2.50. The monoisotopic (exact) mass is 198 g/mol. The Hall–Kier alpha value is -0.410. The SMILES string of the molecule is CCN(C)C(C)c1nc(C)sc1C. The Morgan fingerprint density at radius 3 is 2.46 bits per heavy atom. The van der Waals surface area contributed by atoms with Gasteiger partial charge in [0.2, 0.25) is 0 Å². The van der Waals surface area contributed by atoms with Gasteiger partial charge in [-0.3, -0.25) is 4.90 Å². The number of hydrogen-bond acceptors (Lipinski definition) is 3. The Balaban J connectivity index is 2.87. The van der Waals surface area contributed by atoms with E-state index in [0.717, 1.165) is 6.54 Å². The van der Waals surface area contributed by atoms with Crippen molar-refractivity contribution in [2.75, 3.05) is 13.6 Å². The first-order valence-electron chi connectivity index (χ1n) is 4.70. The highest BCUT2D eigenvalue weighted by molar-refractivity contribution is 7.11. The maximum absolute atomic E-state index is 4.56. The maximum Gasteiger partial charge on any atom is 0.0900 e. The molecule has 13 heavy (non-hydrogen) atoms. The molecule has 1 atom stereocenters. The first kappa shape index (κ1) is 10.7. The van der Waals surface area contributed by atoms with Crippen molar-refractivity contribution in [1.29, 1.82) is 0 Å². The Bertz CT molecular complexity index is 280. The van der Waals surface area contributed by atoms with Crippen LogP contribution in [-0.4, -0.2) is 23.5 Å². The molecule has 0 radical (unpaired) electrons. The van der Waals surface area contributed by atoms with Crippen molar-refractivity contribution in [2.24, 2.45) is 0 Å². The summed E-state index contributed by atoms with van der Waals surface area (Å²) in [5, 5.41) is 1.17. The summed E-state index contributed by atoms with van der Waals surface area (Å²) in [6.07, 6.45) is 0. The average molecular weight is 198 g/mol. The smallest absolute Gasteiger partial charge is 0.0900 e. The minimum atomic E-state index is 0.440. The van der Waals surface area contributed by atoms with Crippen LogP contribution in [0, 0.1) is 13.8 Å². The minimum absolute atomic E-state index is 0.440. The van der Waals surface area contributed by atoms with Gasteiger partial charge in [0.25, 0.3) is 0 Å². The average Bonchev–Trinajstić information content (AvgIpc) is 2.42. The molecule has 1 heterocycles. The van der Waals surface area contributed by atoms with Gasteiger partial charge in [0.1, 0.15) is 0 Å². The molecule has 0 aromatic carbocycles. The molecule has 3 heteroatoms. The fourth-order valence-electron chi connectivity index (χ4n) is 1.42. The van der Waals surface area contributed by atoms with E-state index in [1.54, 1.807) is 11.3 Å². The summed E-state index contributed by atoms with van der Waals surface area (Å²) < 4.78 is 0. The van der Waals surface area contributed by atoms with Crippen molar-refractivity contribution in [3.05, 3.63) is 15.6 Å². The van der Waals surface area contributed by atoms with Gasteiger partial charge in [-0.15, -0.1) is 11.3 Å². The molecule has 1 aromatic heterocycles. The second-order valence-corrected chi connectivity index (χ2v) is 4.83. The summed E-state index contributed by atoms with van der Waals surface area (Å²) in [5.74, 6) is 0. The van der Waals surface area contributed by atoms with Crippen LogP contribution in [0.3, 0.4) is 0 Å². The van der Waals surface area contributed by atoms with E-state index < -0.39 is 0 Å². The highest BCUT2D eigenvalue weighted by Gasteiger charge is 2.15. The van der Waals surface area contributed by atoms with Crippen LogP contribution < -0.4 is 0 Å². The van der Waals surface area contributed by atoms with Gasteiger partial charge in [-0.05, 0) is 34.4 Å². The van der Waals surface area contributed by atoms with E-state index in [0.29, 0.717) is 6.04 Å². The first-order chi connectivity index (χ1) is 6.06. The molecule has 0 spiro atoms. The van der Waals surface area contributed by atoms with Crippen molar-refractivity contribution in [3.63, 3.8) is 0 Å². The molecule has 0 saturated heterocycles. The third kappa shape index (κ3) is 2.29. The quantitative estimate of drug-likeness (QED) is 0.742. The van der Waals surface area contributed by atoms with Crippen LogP contribution in [0.1, 0.15) is 35.5 Å². The molecule has 74 valence electrons. The third-order valence-corrected chi connectivity index (χ3v) is 3.40. The van der Waals surface area contributed by atoms with E-state index in [2.05, 4.69) is 44.6 Å².